The Hall–Kier alpha value is -3.63. The fraction of sp³-hybridized carbons (Fsp3) is 0.214. The summed E-state index contributed by atoms with van der Waals surface area (Å²) in [4.78, 5) is 12.6. The molecule has 22 heavy (non-hydrogen) atoms. The number of hydrogen-bond donors (Lipinski definition) is 1. The smallest absolute Gasteiger partial charge is 0.347 e. The number of nitrogens with zero attached hydrogens (tertiary/aromatic N) is 3. The Bertz CT molecular complexity index is 649. The van der Waals surface area contributed by atoms with Crippen LogP contribution in [0.25, 0.3) is 10.4 Å². The summed E-state index contributed by atoms with van der Waals surface area (Å²) >= 11 is 0. The van der Waals surface area contributed by atoms with Crippen molar-refractivity contribution in [3.05, 3.63) is 10.4 Å². The summed E-state index contributed by atoms with van der Waals surface area (Å²) in [7, 11) is 0. The zero-order chi connectivity index (χ0) is 17.3. The van der Waals surface area contributed by atoms with Gasteiger partial charge in [0, 0.05) is 4.91 Å². The highest BCUT2D eigenvalue weighted by Crippen LogP contribution is 2.11. The summed E-state index contributed by atoms with van der Waals surface area (Å²) in [5, 5.41) is 4.30. The predicted octanol–water partition coefficient (Wildman–Crippen LogP) is 1.24. The monoisotopic (exact) mass is 304 g/mol. The molecule has 110 valence electrons. The fourth-order valence-corrected chi connectivity index (χ4v) is 0.548. The minimum atomic E-state index is -4.44. The number of amides is 1. The molecule has 0 atom stereocenters. The minimum absolute atomic E-state index is 0.618. The average Bonchev–Trinajstić information content (AvgIpc) is 2.46. The topological polar surface area (TPSA) is 77.9 Å². The molecular weight excluding hydrogens is 297 g/mol. The van der Waals surface area contributed by atoms with E-state index in [-0.39, 0.29) is 0 Å². The number of alkyl halides is 3. The van der Waals surface area contributed by atoms with Crippen LogP contribution in [0.3, 0.4) is 0 Å². The molecule has 0 aromatic rings. The van der Waals surface area contributed by atoms with E-state index < -0.39 is 25.2 Å². The first-order valence-corrected chi connectivity index (χ1v) is 5.13. The Labute approximate surface area is 125 Å². The van der Waals surface area contributed by atoms with Gasteiger partial charge in [0.25, 0.3) is 0 Å². The van der Waals surface area contributed by atoms with E-state index in [9.17, 15) is 18.0 Å². The fourth-order valence-electron chi connectivity index (χ4n) is 0.548. The summed E-state index contributed by atoms with van der Waals surface area (Å²) in [5.74, 6) is 17.4. The second-order valence-corrected chi connectivity index (χ2v) is 2.82. The number of carbonyl (C=O) groups excluding carboxylic acids is 1. The van der Waals surface area contributed by atoms with Gasteiger partial charge in [-0.05, 0) is 52.9 Å². The first-order chi connectivity index (χ1) is 10.4. The van der Waals surface area contributed by atoms with Crippen LogP contribution >= 0.6 is 0 Å². The molecule has 0 aliphatic carbocycles. The van der Waals surface area contributed by atoms with Crippen LogP contribution in [0, 0.1) is 60.2 Å². The summed E-state index contributed by atoms with van der Waals surface area (Å²) in [5.41, 5.74) is 7.70. The second-order valence-electron chi connectivity index (χ2n) is 2.82. The van der Waals surface area contributed by atoms with E-state index in [1.54, 1.807) is 0 Å². The van der Waals surface area contributed by atoms with E-state index in [1.807, 2.05) is 0 Å². The summed E-state index contributed by atoms with van der Waals surface area (Å²) in [6.45, 7) is -2.03. The minimum Gasteiger partial charge on any atom is -0.347 e. The molecular formula is C14H7F3N4O. The Morgan fingerprint density at radius 1 is 1.09 bits per heavy atom. The molecule has 5 nitrogen and oxygen atoms in total. The lowest BCUT2D eigenvalue weighted by atomic mass is 10.5. The van der Waals surface area contributed by atoms with Crippen molar-refractivity contribution < 1.29 is 18.0 Å². The molecule has 8 heteroatoms. The number of azide groups is 1. The quantitative estimate of drug-likeness (QED) is 0.362. The second kappa shape index (κ2) is 13.8. The average molecular weight is 304 g/mol. The molecule has 1 N–H and O–H groups in total. The van der Waals surface area contributed by atoms with E-state index in [0.717, 1.165) is 0 Å². The zero-order valence-electron chi connectivity index (χ0n) is 11.0. The third-order valence-electron chi connectivity index (χ3n) is 1.22. The number of nitrogens with one attached hydrogen (secondary N) is 1. The predicted molar refractivity (Wildman–Crippen MR) is 74.1 cm³/mol. The van der Waals surface area contributed by atoms with Gasteiger partial charge in [0.1, 0.15) is 13.1 Å². The Kier molecular flexibility index (Phi) is 13.0. The third-order valence-corrected chi connectivity index (χ3v) is 1.22. The van der Waals surface area contributed by atoms with Crippen LogP contribution in [0.15, 0.2) is 5.11 Å². The molecule has 1 amide bonds. The summed E-state index contributed by atoms with van der Waals surface area (Å²) in [6, 6.07) is 0. The Balaban J connectivity index is 0. The van der Waals surface area contributed by atoms with Crippen LogP contribution in [-0.4, -0.2) is 25.2 Å². The summed E-state index contributed by atoms with van der Waals surface area (Å²) in [6.07, 6.45) is 5.18. The first kappa shape index (κ1) is 20.7. The van der Waals surface area contributed by atoms with Crippen LogP contribution in [0.4, 0.5) is 13.2 Å². The molecule has 0 aliphatic rings. The molecule has 0 rings (SSSR count). The van der Waals surface area contributed by atoms with Crippen LogP contribution in [-0.2, 0) is 4.79 Å². The van der Waals surface area contributed by atoms with Crippen LogP contribution in [0.5, 0.6) is 0 Å². The lowest BCUT2D eigenvalue weighted by Gasteiger charge is -2.06. The van der Waals surface area contributed by atoms with Gasteiger partial charge >= 0.3 is 6.18 Å². The van der Waals surface area contributed by atoms with Gasteiger partial charge in [-0.15, -0.1) is 12.8 Å². The number of hydrogen-bond acceptors (Lipinski definition) is 2. The Morgan fingerprint density at radius 2 is 1.55 bits per heavy atom. The largest absolute Gasteiger partial charge is 0.405 e. The normalized spacial score (nSPS) is 7.14. The zero-order valence-corrected chi connectivity index (χ0v) is 11.0. The van der Waals surface area contributed by atoms with Crippen molar-refractivity contribution in [2.75, 3.05) is 13.1 Å². The maximum Gasteiger partial charge on any atom is 0.405 e. The van der Waals surface area contributed by atoms with Gasteiger partial charge in [-0.1, -0.05) is 5.11 Å². The molecule has 0 unspecified atom stereocenters. The van der Waals surface area contributed by atoms with Crippen molar-refractivity contribution in [1.29, 1.82) is 0 Å². The van der Waals surface area contributed by atoms with Crippen LogP contribution in [0.2, 0.25) is 0 Å². The van der Waals surface area contributed by atoms with Crippen molar-refractivity contribution in [1.82, 2.24) is 5.32 Å². The van der Waals surface area contributed by atoms with Crippen molar-refractivity contribution >= 4 is 5.91 Å². The molecule has 0 saturated heterocycles. The van der Waals surface area contributed by atoms with Crippen LogP contribution in [0.1, 0.15) is 0 Å². The number of halogens is 3. The first-order valence-electron chi connectivity index (χ1n) is 5.13. The highest BCUT2D eigenvalue weighted by atomic mass is 19.4. The third kappa shape index (κ3) is 21.6. The van der Waals surface area contributed by atoms with E-state index in [2.05, 4.69) is 57.4 Å². The van der Waals surface area contributed by atoms with Gasteiger partial charge in [0.05, 0.1) is 0 Å². The molecule has 0 heterocycles. The van der Waals surface area contributed by atoms with Crippen molar-refractivity contribution in [2.24, 2.45) is 5.11 Å². The van der Waals surface area contributed by atoms with Gasteiger partial charge in [0.15, 0.2) is 0 Å². The van der Waals surface area contributed by atoms with E-state index in [1.165, 1.54) is 5.32 Å². The van der Waals surface area contributed by atoms with Gasteiger partial charge in [-0.2, -0.15) is 13.2 Å². The molecule has 0 saturated carbocycles. The lowest BCUT2D eigenvalue weighted by Crippen LogP contribution is -2.34. The van der Waals surface area contributed by atoms with E-state index in [0.29, 0.717) is 0 Å². The number of carbonyl (C=O) groups is 1. The SMILES string of the molecule is C#CC#CC#CC#CC#C.[N-]=[N+]=NCC(=O)NCC(F)(F)F. The van der Waals surface area contributed by atoms with Crippen molar-refractivity contribution in [2.45, 2.75) is 6.18 Å². The van der Waals surface area contributed by atoms with Crippen molar-refractivity contribution in [3.63, 3.8) is 0 Å². The lowest BCUT2D eigenvalue weighted by molar-refractivity contribution is -0.137. The van der Waals surface area contributed by atoms with Gasteiger partial charge in [0.2, 0.25) is 5.91 Å². The van der Waals surface area contributed by atoms with Crippen molar-refractivity contribution in [3.8, 4) is 60.2 Å². The Morgan fingerprint density at radius 3 is 1.91 bits per heavy atom. The number of rotatable bonds is 3. The van der Waals surface area contributed by atoms with Gasteiger partial charge in [-0.25, -0.2) is 0 Å². The number of terminal acetylenes is 2. The highest BCUT2D eigenvalue weighted by Gasteiger charge is 2.27. The molecule has 0 aromatic heterocycles. The van der Waals surface area contributed by atoms with Gasteiger partial charge in [-0.3, -0.25) is 4.79 Å². The molecule has 0 spiro atoms. The standard InChI is InChI=1S/C10H2.C4H5F3N4O/c1-3-5-7-9-10-8-6-4-2;5-4(6,7)2-9-3(12)1-10-11-8/h1-2H;1-2H2,(H,9,12). The highest BCUT2D eigenvalue weighted by molar-refractivity contribution is 5.78. The molecule has 0 bridgehead atoms. The summed E-state index contributed by atoms with van der Waals surface area (Å²) < 4.78 is 34.3. The molecule has 0 radical (unpaired) electrons. The van der Waals surface area contributed by atoms with E-state index in [4.69, 9.17) is 18.4 Å². The maximum absolute atomic E-state index is 11.4. The van der Waals surface area contributed by atoms with Crippen LogP contribution < -0.4 is 5.32 Å². The molecule has 0 aromatic carbocycles. The molecule has 0 aliphatic heterocycles. The van der Waals surface area contributed by atoms with E-state index >= 15 is 0 Å². The molecule has 0 fully saturated rings. The maximum atomic E-state index is 11.4. The van der Waals surface area contributed by atoms with Gasteiger partial charge < -0.3 is 5.32 Å².